The van der Waals surface area contributed by atoms with E-state index in [0.29, 0.717) is 51.0 Å². The summed E-state index contributed by atoms with van der Waals surface area (Å²) in [7, 11) is 8.32. The van der Waals surface area contributed by atoms with Gasteiger partial charge in [-0.15, -0.1) is 0 Å². The summed E-state index contributed by atoms with van der Waals surface area (Å²) in [5.74, 6) is 0.548. The first-order chi connectivity index (χ1) is 22.1. The van der Waals surface area contributed by atoms with Crippen molar-refractivity contribution in [2.45, 2.75) is 25.8 Å². The number of likely N-dealkylation sites (N-methyl/N-ethyl adjacent to an activating group) is 1. The standard InChI is InChI=1S/C34H37FN6O5/c1-20-14-27(31(45-6)18-29(20)46-23-11-9-21(10-12-23)34(43)40(2)3)38-32-24-16-28(30(44-5)17-26(24)36-19-37-32)39-33(42)25(35)15-22-8-7-13-41(22)4/h9-12,14-19,22H,7-8,13H2,1-6H3,(H,39,42)(H,36,37,38)/b25-15+/t22-/m1/s1. The Hall–Kier alpha value is -5.23. The van der Waals surface area contributed by atoms with Crippen LogP contribution in [-0.2, 0) is 4.79 Å². The second-order valence-electron chi connectivity index (χ2n) is 11.2. The molecule has 2 heterocycles. The highest BCUT2D eigenvalue weighted by Gasteiger charge is 2.22. The van der Waals surface area contributed by atoms with E-state index in [0.717, 1.165) is 24.9 Å². The minimum absolute atomic E-state index is 0.0960. The number of halogens is 1. The number of hydrogen-bond donors (Lipinski definition) is 2. The third-order valence-electron chi connectivity index (χ3n) is 7.82. The summed E-state index contributed by atoms with van der Waals surface area (Å²) in [4.78, 5) is 37.4. The van der Waals surface area contributed by atoms with Gasteiger partial charge < -0.3 is 29.7 Å². The molecule has 2 N–H and O–H groups in total. The molecule has 2 amide bonds. The summed E-state index contributed by atoms with van der Waals surface area (Å²) >= 11 is 0. The van der Waals surface area contributed by atoms with E-state index >= 15 is 0 Å². The Morgan fingerprint density at radius 2 is 1.72 bits per heavy atom. The zero-order chi connectivity index (χ0) is 33.0. The zero-order valence-corrected chi connectivity index (χ0v) is 26.7. The summed E-state index contributed by atoms with van der Waals surface area (Å²) in [5, 5.41) is 6.50. The molecule has 3 aromatic carbocycles. The number of likely N-dealkylation sites (tertiary alicyclic amines) is 1. The fraction of sp³-hybridized carbons (Fsp3) is 0.294. The Balaban J connectivity index is 1.41. The minimum Gasteiger partial charge on any atom is -0.494 e. The molecule has 0 bridgehead atoms. The van der Waals surface area contributed by atoms with E-state index in [9.17, 15) is 14.0 Å². The van der Waals surface area contributed by atoms with Gasteiger partial charge >= 0.3 is 0 Å². The lowest BCUT2D eigenvalue weighted by atomic mass is 10.1. The number of aromatic nitrogens is 2. The predicted octanol–water partition coefficient (Wildman–Crippen LogP) is 6.08. The molecule has 11 nitrogen and oxygen atoms in total. The van der Waals surface area contributed by atoms with Crippen molar-refractivity contribution in [1.82, 2.24) is 19.8 Å². The largest absolute Gasteiger partial charge is 0.494 e. The van der Waals surface area contributed by atoms with Crippen molar-refractivity contribution in [3.63, 3.8) is 0 Å². The van der Waals surface area contributed by atoms with E-state index in [1.165, 1.54) is 24.4 Å². The molecule has 1 aliphatic rings. The Bertz CT molecular complexity index is 1790. The van der Waals surface area contributed by atoms with E-state index in [1.807, 2.05) is 24.9 Å². The van der Waals surface area contributed by atoms with Crippen molar-refractivity contribution >= 4 is 39.9 Å². The zero-order valence-electron chi connectivity index (χ0n) is 26.7. The third kappa shape index (κ3) is 7.02. The summed E-state index contributed by atoms with van der Waals surface area (Å²) in [6.07, 6.45) is 4.51. The lowest BCUT2D eigenvalue weighted by Crippen LogP contribution is -2.24. The molecule has 1 fully saturated rings. The fourth-order valence-electron chi connectivity index (χ4n) is 5.25. The van der Waals surface area contributed by atoms with Crippen LogP contribution in [0.15, 0.2) is 66.8 Å². The molecular formula is C34H37FN6O5. The highest BCUT2D eigenvalue weighted by Crippen LogP contribution is 2.39. The number of aryl methyl sites for hydroxylation is 1. The van der Waals surface area contributed by atoms with E-state index in [-0.39, 0.29) is 17.6 Å². The first-order valence-electron chi connectivity index (χ1n) is 14.7. The van der Waals surface area contributed by atoms with Crippen molar-refractivity contribution in [3.8, 4) is 23.0 Å². The van der Waals surface area contributed by atoms with Crippen molar-refractivity contribution in [2.75, 3.05) is 52.5 Å². The van der Waals surface area contributed by atoms with Crippen molar-refractivity contribution in [1.29, 1.82) is 0 Å². The number of carbonyl (C=O) groups is 2. The van der Waals surface area contributed by atoms with Gasteiger partial charge in [0.15, 0.2) is 5.83 Å². The SMILES string of the molecule is COc1cc2ncnc(Nc3cc(C)c(Oc4ccc(C(=O)N(C)C)cc4)cc3OC)c2cc1NC(=O)/C(F)=C\[C@H]1CCCN1C. The predicted molar refractivity (Wildman–Crippen MR) is 175 cm³/mol. The lowest BCUT2D eigenvalue weighted by Gasteiger charge is -2.17. The Morgan fingerprint density at radius 1 is 1.00 bits per heavy atom. The summed E-state index contributed by atoms with van der Waals surface area (Å²) in [6, 6.07) is 13.7. The number of hydrogen-bond acceptors (Lipinski definition) is 9. The lowest BCUT2D eigenvalue weighted by molar-refractivity contribution is -0.114. The molecule has 1 atom stereocenters. The Kier molecular flexibility index (Phi) is 9.67. The highest BCUT2D eigenvalue weighted by molar-refractivity contribution is 6.05. The van der Waals surface area contributed by atoms with Gasteiger partial charge in [-0.2, -0.15) is 0 Å². The van der Waals surface area contributed by atoms with Crippen molar-refractivity contribution in [3.05, 3.63) is 77.9 Å². The van der Waals surface area contributed by atoms with Gasteiger partial charge in [0.25, 0.3) is 11.8 Å². The maximum absolute atomic E-state index is 14.9. The number of fused-ring (bicyclic) bond motifs is 1. The number of rotatable bonds is 10. The summed E-state index contributed by atoms with van der Waals surface area (Å²) < 4.78 is 32.2. The number of ether oxygens (including phenoxy) is 3. The normalized spacial score (nSPS) is 15.0. The van der Waals surface area contributed by atoms with Crippen LogP contribution < -0.4 is 24.8 Å². The van der Waals surface area contributed by atoms with Gasteiger partial charge in [0.05, 0.1) is 31.1 Å². The van der Waals surface area contributed by atoms with Crippen LogP contribution in [0.1, 0.15) is 28.8 Å². The molecule has 1 aliphatic heterocycles. The van der Waals surface area contributed by atoms with Gasteiger partial charge in [0.1, 0.15) is 35.1 Å². The van der Waals surface area contributed by atoms with Crippen LogP contribution >= 0.6 is 0 Å². The second-order valence-corrected chi connectivity index (χ2v) is 11.2. The molecular weight excluding hydrogens is 591 g/mol. The first kappa shape index (κ1) is 32.2. The van der Waals surface area contributed by atoms with Crippen LogP contribution in [0.3, 0.4) is 0 Å². The molecule has 12 heteroatoms. The smallest absolute Gasteiger partial charge is 0.284 e. The summed E-state index contributed by atoms with van der Waals surface area (Å²) in [5.41, 5.74) is 2.78. The van der Waals surface area contributed by atoms with Crippen molar-refractivity contribution in [2.24, 2.45) is 0 Å². The van der Waals surface area contributed by atoms with Gasteiger partial charge in [-0.25, -0.2) is 14.4 Å². The number of carbonyl (C=O) groups excluding carboxylic acids is 2. The van der Waals surface area contributed by atoms with E-state index < -0.39 is 11.7 Å². The molecule has 1 saturated heterocycles. The highest BCUT2D eigenvalue weighted by atomic mass is 19.1. The van der Waals surface area contributed by atoms with Crippen LogP contribution in [-0.4, -0.2) is 79.5 Å². The molecule has 46 heavy (non-hydrogen) atoms. The molecule has 0 saturated carbocycles. The average molecular weight is 629 g/mol. The molecule has 5 rings (SSSR count). The van der Waals surface area contributed by atoms with Crippen LogP contribution in [0.2, 0.25) is 0 Å². The second kappa shape index (κ2) is 13.8. The molecule has 0 unspecified atom stereocenters. The topological polar surface area (TPSA) is 118 Å². The van der Waals surface area contributed by atoms with Gasteiger partial charge in [-0.05, 0) is 81.4 Å². The van der Waals surface area contributed by atoms with Gasteiger partial charge in [0, 0.05) is 43.2 Å². The quantitative estimate of drug-likeness (QED) is 0.202. The van der Waals surface area contributed by atoms with Crippen LogP contribution in [0, 0.1) is 6.92 Å². The number of methoxy groups -OCH3 is 2. The summed E-state index contributed by atoms with van der Waals surface area (Å²) in [6.45, 7) is 2.75. The van der Waals surface area contributed by atoms with E-state index in [4.69, 9.17) is 14.2 Å². The van der Waals surface area contributed by atoms with Gasteiger partial charge in [-0.1, -0.05) is 0 Å². The average Bonchev–Trinajstić information content (AvgIpc) is 3.45. The molecule has 4 aromatic rings. The number of nitrogens with one attached hydrogen (secondary N) is 2. The first-order valence-corrected chi connectivity index (χ1v) is 14.7. The fourth-order valence-corrected chi connectivity index (χ4v) is 5.25. The molecule has 1 aromatic heterocycles. The molecule has 240 valence electrons. The number of amides is 2. The number of anilines is 3. The molecule has 0 spiro atoms. The van der Waals surface area contributed by atoms with Crippen LogP contribution in [0.5, 0.6) is 23.0 Å². The number of nitrogens with zero attached hydrogens (tertiary/aromatic N) is 4. The van der Waals surface area contributed by atoms with Gasteiger partial charge in [-0.3, -0.25) is 14.5 Å². The minimum atomic E-state index is -0.865. The van der Waals surface area contributed by atoms with Crippen LogP contribution in [0.4, 0.5) is 21.6 Å². The maximum atomic E-state index is 14.9. The Labute approximate surface area is 267 Å². The number of benzene rings is 3. The van der Waals surface area contributed by atoms with E-state index in [1.54, 1.807) is 63.7 Å². The monoisotopic (exact) mass is 628 g/mol. The van der Waals surface area contributed by atoms with Crippen LogP contribution in [0.25, 0.3) is 10.9 Å². The molecule has 0 aliphatic carbocycles. The van der Waals surface area contributed by atoms with E-state index in [2.05, 4.69) is 20.6 Å². The van der Waals surface area contributed by atoms with Crippen molar-refractivity contribution < 1.29 is 28.2 Å². The maximum Gasteiger partial charge on any atom is 0.284 e. The molecule has 0 radical (unpaired) electrons. The van der Waals surface area contributed by atoms with Gasteiger partial charge in [0.2, 0.25) is 0 Å². The third-order valence-corrected chi connectivity index (χ3v) is 7.82. The Morgan fingerprint density at radius 3 is 2.37 bits per heavy atom.